The van der Waals surface area contributed by atoms with E-state index in [2.05, 4.69) is 5.32 Å². The van der Waals surface area contributed by atoms with Gasteiger partial charge in [-0.05, 0) is 37.6 Å². The molecule has 2 amide bonds. The highest BCUT2D eigenvalue weighted by atomic mass is 32.2. The Morgan fingerprint density at radius 3 is 2.96 bits per heavy atom. The van der Waals surface area contributed by atoms with E-state index in [1.807, 2.05) is 37.3 Å². The number of anilines is 2. The van der Waals surface area contributed by atoms with E-state index in [4.69, 9.17) is 4.42 Å². The summed E-state index contributed by atoms with van der Waals surface area (Å²) in [4.78, 5) is 26.6. The summed E-state index contributed by atoms with van der Waals surface area (Å²) in [5.41, 5.74) is 1.54. The lowest BCUT2D eigenvalue weighted by atomic mass is 10.2. The van der Waals surface area contributed by atoms with E-state index in [1.54, 1.807) is 11.2 Å². The Morgan fingerprint density at radius 1 is 1.39 bits per heavy atom. The van der Waals surface area contributed by atoms with Crippen molar-refractivity contribution in [3.63, 3.8) is 0 Å². The van der Waals surface area contributed by atoms with Crippen LogP contribution in [0.1, 0.15) is 18.6 Å². The van der Waals surface area contributed by atoms with Gasteiger partial charge in [0.05, 0.1) is 12.0 Å². The lowest BCUT2D eigenvalue weighted by Crippen LogP contribution is -2.23. The zero-order valence-electron chi connectivity index (χ0n) is 12.9. The monoisotopic (exact) mass is 330 g/mol. The Morgan fingerprint density at radius 2 is 2.26 bits per heavy atom. The number of benzene rings is 1. The molecule has 0 spiro atoms. The predicted molar refractivity (Wildman–Crippen MR) is 90.8 cm³/mol. The Kier molecular flexibility index (Phi) is 4.71. The first-order valence-corrected chi connectivity index (χ1v) is 8.49. The van der Waals surface area contributed by atoms with Gasteiger partial charge in [-0.1, -0.05) is 6.07 Å². The van der Waals surface area contributed by atoms with Crippen LogP contribution < -0.4 is 10.2 Å². The fraction of sp³-hybridized carbons (Fsp3) is 0.294. The highest BCUT2D eigenvalue weighted by Gasteiger charge is 2.21. The van der Waals surface area contributed by atoms with Gasteiger partial charge in [-0.15, -0.1) is 11.8 Å². The maximum absolute atomic E-state index is 12.1. The van der Waals surface area contributed by atoms with Crippen LogP contribution in [-0.2, 0) is 9.59 Å². The number of aryl methyl sites for hydroxylation is 1. The van der Waals surface area contributed by atoms with Gasteiger partial charge in [0.15, 0.2) is 0 Å². The first kappa shape index (κ1) is 15.7. The fourth-order valence-corrected chi connectivity index (χ4v) is 3.30. The van der Waals surface area contributed by atoms with Gasteiger partial charge in [0.1, 0.15) is 5.76 Å². The molecule has 0 bridgehead atoms. The molecule has 1 aromatic heterocycles. The average Bonchev–Trinajstić information content (AvgIpc) is 3.14. The summed E-state index contributed by atoms with van der Waals surface area (Å²) in [5.74, 6) is 1.19. The van der Waals surface area contributed by atoms with E-state index in [0.717, 1.165) is 29.3 Å². The summed E-state index contributed by atoms with van der Waals surface area (Å²) >= 11 is 1.44. The molecule has 120 valence electrons. The maximum Gasteiger partial charge on any atom is 0.234 e. The largest absolute Gasteiger partial charge is 0.468 e. The van der Waals surface area contributed by atoms with Crippen molar-refractivity contribution in [1.82, 2.24) is 0 Å². The van der Waals surface area contributed by atoms with E-state index in [1.165, 1.54) is 11.8 Å². The third-order valence-corrected chi connectivity index (χ3v) is 4.83. The van der Waals surface area contributed by atoms with Gasteiger partial charge in [-0.25, -0.2) is 0 Å². The van der Waals surface area contributed by atoms with Gasteiger partial charge in [0.25, 0.3) is 0 Å². The molecule has 1 N–H and O–H groups in total. The Labute approximate surface area is 139 Å². The van der Waals surface area contributed by atoms with Crippen LogP contribution in [0.4, 0.5) is 11.4 Å². The highest BCUT2D eigenvalue weighted by molar-refractivity contribution is 8.00. The molecule has 1 saturated heterocycles. The number of amides is 2. The second-order valence-electron chi connectivity index (χ2n) is 5.38. The number of carbonyl (C=O) groups is 2. The molecule has 1 aliphatic heterocycles. The van der Waals surface area contributed by atoms with Crippen LogP contribution in [0.25, 0.3) is 0 Å². The van der Waals surface area contributed by atoms with Crippen molar-refractivity contribution in [3.8, 4) is 0 Å². The lowest BCUT2D eigenvalue weighted by Gasteiger charge is -2.16. The van der Waals surface area contributed by atoms with Crippen molar-refractivity contribution in [2.75, 3.05) is 22.5 Å². The van der Waals surface area contributed by atoms with Crippen molar-refractivity contribution in [2.24, 2.45) is 0 Å². The summed E-state index contributed by atoms with van der Waals surface area (Å²) in [5, 5.41) is 2.87. The van der Waals surface area contributed by atoms with Crippen LogP contribution in [-0.4, -0.2) is 24.1 Å². The molecule has 0 atom stereocenters. The zero-order chi connectivity index (χ0) is 16.2. The standard InChI is InChI=1S/C17H18N2O3S/c1-12-15(7-9-22-12)23-11-16(20)18-13-4-2-5-14(10-13)19-8-3-6-17(19)21/h2,4-5,7,9-10H,3,6,8,11H2,1H3,(H,18,20). The Bertz CT molecular complexity index is 726. The minimum atomic E-state index is -0.0829. The second-order valence-corrected chi connectivity index (χ2v) is 6.39. The molecule has 3 rings (SSSR count). The van der Waals surface area contributed by atoms with Gasteiger partial charge in [0, 0.05) is 29.2 Å². The number of rotatable bonds is 5. The zero-order valence-corrected chi connectivity index (χ0v) is 13.7. The normalized spacial score (nSPS) is 14.3. The van der Waals surface area contributed by atoms with Crippen molar-refractivity contribution in [2.45, 2.75) is 24.7 Å². The molecule has 0 aliphatic carbocycles. The third-order valence-electron chi connectivity index (χ3n) is 3.68. The highest BCUT2D eigenvalue weighted by Crippen LogP contribution is 2.25. The topological polar surface area (TPSA) is 62.6 Å². The van der Waals surface area contributed by atoms with E-state index >= 15 is 0 Å². The van der Waals surface area contributed by atoms with Crippen molar-refractivity contribution >= 4 is 35.0 Å². The van der Waals surface area contributed by atoms with E-state index < -0.39 is 0 Å². The number of hydrogen-bond donors (Lipinski definition) is 1. The van der Waals surface area contributed by atoms with Crippen molar-refractivity contribution in [3.05, 3.63) is 42.4 Å². The summed E-state index contributed by atoms with van der Waals surface area (Å²) in [6, 6.07) is 9.27. The van der Waals surface area contributed by atoms with Crippen LogP contribution in [0.2, 0.25) is 0 Å². The van der Waals surface area contributed by atoms with Crippen LogP contribution in [0.15, 0.2) is 45.9 Å². The van der Waals surface area contributed by atoms with Gasteiger partial charge in [-0.3, -0.25) is 9.59 Å². The van der Waals surface area contributed by atoms with Crippen LogP contribution in [0, 0.1) is 6.92 Å². The SMILES string of the molecule is Cc1occc1SCC(=O)Nc1cccc(N2CCCC2=O)c1. The van der Waals surface area contributed by atoms with Crippen molar-refractivity contribution in [1.29, 1.82) is 0 Å². The number of nitrogens with zero attached hydrogens (tertiary/aromatic N) is 1. The fourth-order valence-electron chi connectivity index (χ4n) is 2.54. The molecule has 0 saturated carbocycles. The molecule has 0 unspecified atom stereocenters. The van der Waals surface area contributed by atoms with Gasteiger partial charge in [-0.2, -0.15) is 0 Å². The number of thioether (sulfide) groups is 1. The molecule has 23 heavy (non-hydrogen) atoms. The predicted octanol–water partition coefficient (Wildman–Crippen LogP) is 3.45. The summed E-state index contributed by atoms with van der Waals surface area (Å²) in [7, 11) is 0. The molecule has 6 heteroatoms. The molecule has 0 radical (unpaired) electrons. The van der Waals surface area contributed by atoms with Gasteiger partial charge >= 0.3 is 0 Å². The molecular weight excluding hydrogens is 312 g/mol. The van der Waals surface area contributed by atoms with Crippen molar-refractivity contribution < 1.29 is 14.0 Å². The van der Waals surface area contributed by atoms with E-state index in [-0.39, 0.29) is 11.8 Å². The minimum absolute atomic E-state index is 0.0829. The number of furan rings is 1. The lowest BCUT2D eigenvalue weighted by molar-refractivity contribution is -0.117. The maximum atomic E-state index is 12.1. The first-order valence-electron chi connectivity index (χ1n) is 7.50. The van der Waals surface area contributed by atoms with Crippen LogP contribution in [0.3, 0.4) is 0 Å². The molecule has 1 aromatic carbocycles. The minimum Gasteiger partial charge on any atom is -0.468 e. The Balaban J connectivity index is 1.60. The molecule has 1 aliphatic rings. The second kappa shape index (κ2) is 6.91. The average molecular weight is 330 g/mol. The molecule has 5 nitrogen and oxygen atoms in total. The summed E-state index contributed by atoms with van der Waals surface area (Å²) in [6.07, 6.45) is 3.10. The number of carbonyl (C=O) groups excluding carboxylic acids is 2. The molecule has 2 aromatic rings. The van der Waals surface area contributed by atoms with Crippen LogP contribution in [0.5, 0.6) is 0 Å². The van der Waals surface area contributed by atoms with Crippen LogP contribution >= 0.6 is 11.8 Å². The molecule has 2 heterocycles. The van der Waals surface area contributed by atoms with Gasteiger partial charge in [0.2, 0.25) is 11.8 Å². The van der Waals surface area contributed by atoms with E-state index in [0.29, 0.717) is 17.9 Å². The quantitative estimate of drug-likeness (QED) is 0.853. The first-order chi connectivity index (χ1) is 11.1. The number of nitrogens with one attached hydrogen (secondary N) is 1. The summed E-state index contributed by atoms with van der Waals surface area (Å²) < 4.78 is 5.21. The third kappa shape index (κ3) is 3.76. The van der Waals surface area contributed by atoms with E-state index in [9.17, 15) is 9.59 Å². The summed E-state index contributed by atoms with van der Waals surface area (Å²) in [6.45, 7) is 2.61. The smallest absolute Gasteiger partial charge is 0.234 e. The molecule has 1 fully saturated rings. The Hall–Kier alpha value is -2.21. The molecular formula is C17H18N2O3S. The van der Waals surface area contributed by atoms with Gasteiger partial charge < -0.3 is 14.6 Å². The number of hydrogen-bond acceptors (Lipinski definition) is 4.